The van der Waals surface area contributed by atoms with Crippen LogP contribution in [0.3, 0.4) is 0 Å². The van der Waals surface area contributed by atoms with Crippen LogP contribution in [-0.4, -0.2) is 6.29 Å². The number of halogens is 4. The molecule has 2 aromatic rings. The Labute approximate surface area is 104 Å². The van der Waals surface area contributed by atoms with E-state index in [0.717, 1.165) is 12.1 Å². The molecule has 0 saturated heterocycles. The zero-order valence-corrected chi connectivity index (χ0v) is 9.61. The van der Waals surface area contributed by atoms with Gasteiger partial charge in [-0.3, -0.25) is 4.79 Å². The number of carbonyl (C=O) groups excluding carboxylic acids is 1. The first-order chi connectivity index (χ1) is 8.41. The standard InChI is InChI=1S/C12H6F4OS/c13-10-3-7(5-17)1-2-9(10)8-4-11(18-6-8)12(14,15)16/h1-6H. The Hall–Kier alpha value is -1.69. The minimum Gasteiger partial charge on any atom is -0.298 e. The lowest BCUT2D eigenvalue weighted by Gasteiger charge is -2.02. The molecule has 2 rings (SSSR count). The first-order valence-electron chi connectivity index (χ1n) is 4.82. The van der Waals surface area contributed by atoms with E-state index in [0.29, 0.717) is 17.6 Å². The molecular weight excluding hydrogens is 268 g/mol. The van der Waals surface area contributed by atoms with E-state index in [1.807, 2.05) is 0 Å². The van der Waals surface area contributed by atoms with E-state index in [4.69, 9.17) is 0 Å². The molecule has 18 heavy (non-hydrogen) atoms. The topological polar surface area (TPSA) is 17.1 Å². The Morgan fingerprint density at radius 1 is 1.17 bits per heavy atom. The molecule has 1 heterocycles. The van der Waals surface area contributed by atoms with Gasteiger partial charge in [-0.15, -0.1) is 11.3 Å². The van der Waals surface area contributed by atoms with Crippen molar-refractivity contribution < 1.29 is 22.4 Å². The summed E-state index contributed by atoms with van der Waals surface area (Å²) in [6, 6.07) is 4.54. The fraction of sp³-hybridized carbons (Fsp3) is 0.0833. The van der Waals surface area contributed by atoms with Crippen molar-refractivity contribution in [3.05, 3.63) is 45.9 Å². The highest BCUT2D eigenvalue weighted by atomic mass is 32.1. The van der Waals surface area contributed by atoms with Crippen molar-refractivity contribution in [2.45, 2.75) is 6.18 Å². The highest BCUT2D eigenvalue weighted by Crippen LogP contribution is 2.37. The van der Waals surface area contributed by atoms with Crippen LogP contribution >= 0.6 is 11.3 Å². The van der Waals surface area contributed by atoms with E-state index in [2.05, 4.69) is 0 Å². The van der Waals surface area contributed by atoms with Crippen LogP contribution in [0.4, 0.5) is 17.6 Å². The van der Waals surface area contributed by atoms with E-state index in [9.17, 15) is 22.4 Å². The maximum atomic E-state index is 13.6. The van der Waals surface area contributed by atoms with Gasteiger partial charge in [0.15, 0.2) is 0 Å². The second kappa shape index (κ2) is 4.53. The van der Waals surface area contributed by atoms with Gasteiger partial charge >= 0.3 is 6.18 Å². The lowest BCUT2D eigenvalue weighted by molar-refractivity contribution is -0.134. The second-order valence-electron chi connectivity index (χ2n) is 3.55. The summed E-state index contributed by atoms with van der Waals surface area (Å²) in [5.41, 5.74) is 0.345. The van der Waals surface area contributed by atoms with Gasteiger partial charge in [0.1, 0.15) is 17.0 Å². The van der Waals surface area contributed by atoms with Gasteiger partial charge in [-0.2, -0.15) is 13.2 Å². The first-order valence-corrected chi connectivity index (χ1v) is 5.70. The van der Waals surface area contributed by atoms with Crippen molar-refractivity contribution in [3.8, 4) is 11.1 Å². The molecule has 0 aliphatic heterocycles. The summed E-state index contributed by atoms with van der Waals surface area (Å²) in [6.07, 6.45) is -3.95. The molecule has 0 aliphatic carbocycles. The molecule has 0 fully saturated rings. The third-order valence-electron chi connectivity index (χ3n) is 2.32. The Bertz CT molecular complexity index is 586. The van der Waals surface area contributed by atoms with Crippen molar-refractivity contribution in [1.82, 2.24) is 0 Å². The maximum Gasteiger partial charge on any atom is 0.425 e. The summed E-state index contributed by atoms with van der Waals surface area (Å²) >= 11 is 0.509. The van der Waals surface area contributed by atoms with Crippen LogP contribution in [0, 0.1) is 5.82 Å². The number of hydrogen-bond acceptors (Lipinski definition) is 2. The highest BCUT2D eigenvalue weighted by molar-refractivity contribution is 7.10. The van der Waals surface area contributed by atoms with Gasteiger partial charge in [0.25, 0.3) is 0 Å². The lowest BCUT2D eigenvalue weighted by Crippen LogP contribution is -2.00. The smallest absolute Gasteiger partial charge is 0.298 e. The van der Waals surface area contributed by atoms with E-state index in [1.54, 1.807) is 0 Å². The normalized spacial score (nSPS) is 11.6. The Balaban J connectivity index is 2.43. The number of benzene rings is 1. The number of aldehydes is 1. The fourth-order valence-electron chi connectivity index (χ4n) is 1.46. The fourth-order valence-corrected chi connectivity index (χ4v) is 2.24. The lowest BCUT2D eigenvalue weighted by atomic mass is 10.1. The molecule has 0 bridgehead atoms. The first kappa shape index (κ1) is 12.8. The van der Waals surface area contributed by atoms with Crippen LogP contribution in [0.1, 0.15) is 15.2 Å². The number of carbonyl (C=O) groups is 1. The molecule has 0 aliphatic rings. The van der Waals surface area contributed by atoms with Crippen molar-refractivity contribution in [3.63, 3.8) is 0 Å². The molecule has 0 N–H and O–H groups in total. The minimum atomic E-state index is -4.43. The number of hydrogen-bond donors (Lipinski definition) is 0. The minimum absolute atomic E-state index is 0.0485. The zero-order valence-electron chi connectivity index (χ0n) is 8.79. The Morgan fingerprint density at radius 2 is 1.89 bits per heavy atom. The molecule has 1 nitrogen and oxygen atoms in total. The van der Waals surface area contributed by atoms with Crippen LogP contribution in [0.15, 0.2) is 29.6 Å². The highest BCUT2D eigenvalue weighted by Gasteiger charge is 2.32. The van der Waals surface area contributed by atoms with Crippen molar-refractivity contribution in [2.75, 3.05) is 0 Å². The molecule has 1 aromatic carbocycles. The summed E-state index contributed by atoms with van der Waals surface area (Å²) in [7, 11) is 0. The molecule has 0 saturated carbocycles. The van der Waals surface area contributed by atoms with Crippen LogP contribution < -0.4 is 0 Å². The van der Waals surface area contributed by atoms with E-state index in [1.165, 1.54) is 17.5 Å². The molecule has 6 heteroatoms. The summed E-state index contributed by atoms with van der Waals surface area (Å²) in [4.78, 5) is 9.65. The molecule has 0 unspecified atom stereocenters. The largest absolute Gasteiger partial charge is 0.425 e. The molecule has 0 atom stereocenters. The van der Waals surface area contributed by atoms with Gasteiger partial charge in [0.2, 0.25) is 0 Å². The quantitative estimate of drug-likeness (QED) is 0.586. The maximum absolute atomic E-state index is 13.6. The predicted octanol–water partition coefficient (Wildman–Crippen LogP) is 4.39. The van der Waals surface area contributed by atoms with Gasteiger partial charge < -0.3 is 0 Å². The number of alkyl halides is 3. The molecular formula is C12H6F4OS. The summed E-state index contributed by atoms with van der Waals surface area (Å²) in [6.45, 7) is 0. The number of rotatable bonds is 2. The van der Waals surface area contributed by atoms with Crippen molar-refractivity contribution >= 4 is 17.6 Å². The molecule has 0 spiro atoms. The SMILES string of the molecule is O=Cc1ccc(-c2csc(C(F)(F)F)c2)c(F)c1. The van der Waals surface area contributed by atoms with Gasteiger partial charge in [-0.25, -0.2) is 4.39 Å². The molecule has 1 aromatic heterocycles. The summed E-state index contributed by atoms with van der Waals surface area (Å²) < 4.78 is 50.8. The van der Waals surface area contributed by atoms with E-state index >= 15 is 0 Å². The third-order valence-corrected chi connectivity index (χ3v) is 3.29. The van der Waals surface area contributed by atoms with Gasteiger partial charge in [-0.05, 0) is 23.1 Å². The predicted molar refractivity (Wildman–Crippen MR) is 60.1 cm³/mol. The molecule has 0 radical (unpaired) electrons. The van der Waals surface area contributed by atoms with E-state index in [-0.39, 0.29) is 16.7 Å². The Kier molecular flexibility index (Phi) is 3.21. The van der Waals surface area contributed by atoms with Gasteiger partial charge in [-0.1, -0.05) is 12.1 Å². The zero-order chi connectivity index (χ0) is 13.3. The van der Waals surface area contributed by atoms with Gasteiger partial charge in [0, 0.05) is 11.1 Å². The Morgan fingerprint density at radius 3 is 2.39 bits per heavy atom. The average Bonchev–Trinajstić information content (AvgIpc) is 2.77. The molecule has 0 amide bonds. The molecule has 94 valence electrons. The van der Waals surface area contributed by atoms with Crippen LogP contribution in [0.2, 0.25) is 0 Å². The average molecular weight is 274 g/mol. The monoisotopic (exact) mass is 274 g/mol. The summed E-state index contributed by atoms with van der Waals surface area (Å²) in [5, 5.41) is 1.24. The summed E-state index contributed by atoms with van der Waals surface area (Å²) in [5.74, 6) is -0.717. The second-order valence-corrected chi connectivity index (χ2v) is 4.47. The van der Waals surface area contributed by atoms with Crippen molar-refractivity contribution in [2.24, 2.45) is 0 Å². The van der Waals surface area contributed by atoms with Crippen LogP contribution in [-0.2, 0) is 6.18 Å². The van der Waals surface area contributed by atoms with Crippen molar-refractivity contribution in [1.29, 1.82) is 0 Å². The van der Waals surface area contributed by atoms with Crippen LogP contribution in [0.25, 0.3) is 11.1 Å². The number of thiophene rings is 1. The van der Waals surface area contributed by atoms with Gasteiger partial charge in [0.05, 0.1) is 0 Å². The third kappa shape index (κ3) is 2.43. The van der Waals surface area contributed by atoms with E-state index < -0.39 is 16.9 Å². The van der Waals surface area contributed by atoms with Crippen LogP contribution in [0.5, 0.6) is 0 Å².